The minimum absolute atomic E-state index is 0. The van der Waals surface area contributed by atoms with Crippen molar-refractivity contribution in [1.29, 1.82) is 0 Å². The van der Waals surface area contributed by atoms with E-state index in [4.69, 9.17) is 0 Å². The normalized spacial score (nSPS) is 21.4. The van der Waals surface area contributed by atoms with E-state index in [9.17, 15) is 0 Å². The molecular weight excluding hydrogens is 220 g/mol. The van der Waals surface area contributed by atoms with E-state index in [2.05, 4.69) is 47.5 Å². The molecule has 0 saturated carbocycles. The van der Waals surface area contributed by atoms with Crippen LogP contribution in [0.3, 0.4) is 0 Å². The van der Waals surface area contributed by atoms with E-state index in [1.807, 2.05) is 0 Å². The molecule has 1 aromatic rings. The molecule has 0 bridgehead atoms. The van der Waals surface area contributed by atoms with Gasteiger partial charge in [-0.15, -0.1) is 12.4 Å². The van der Waals surface area contributed by atoms with Crippen LogP contribution in [0.25, 0.3) is 0 Å². The molecule has 1 N–H and O–H groups in total. The van der Waals surface area contributed by atoms with Crippen LogP contribution < -0.4 is 5.32 Å². The molecule has 0 spiro atoms. The Labute approximate surface area is 104 Å². The van der Waals surface area contributed by atoms with Crippen molar-refractivity contribution in [2.24, 2.45) is 0 Å². The van der Waals surface area contributed by atoms with Crippen LogP contribution >= 0.6 is 12.4 Å². The van der Waals surface area contributed by atoms with E-state index in [1.165, 1.54) is 25.1 Å². The second-order valence-electron chi connectivity index (χ2n) is 4.32. The molecule has 1 saturated heterocycles. The Morgan fingerprint density at radius 2 is 2.06 bits per heavy atom. The van der Waals surface area contributed by atoms with Gasteiger partial charge in [0.25, 0.3) is 0 Å². The predicted octanol–water partition coefficient (Wildman–Crippen LogP) is 1.94. The van der Waals surface area contributed by atoms with Crippen molar-refractivity contribution < 1.29 is 0 Å². The summed E-state index contributed by atoms with van der Waals surface area (Å²) in [4.78, 5) is 2.57. The van der Waals surface area contributed by atoms with Crippen LogP contribution in [-0.2, 0) is 6.42 Å². The molecule has 1 aromatic carbocycles. The Morgan fingerprint density at radius 1 is 1.31 bits per heavy atom. The lowest BCUT2D eigenvalue weighted by atomic mass is 10.1. The molecule has 0 radical (unpaired) electrons. The van der Waals surface area contributed by atoms with Gasteiger partial charge in [-0.25, -0.2) is 0 Å². The van der Waals surface area contributed by atoms with Crippen LogP contribution in [-0.4, -0.2) is 37.1 Å². The molecule has 0 amide bonds. The molecule has 1 aliphatic heterocycles. The molecule has 0 aromatic heterocycles. The topological polar surface area (TPSA) is 15.3 Å². The SMILES string of the molecule is C[C@@H]1CNCCN1CCc1ccccc1.Cl. The third-order valence-electron chi connectivity index (χ3n) is 3.17. The van der Waals surface area contributed by atoms with Gasteiger partial charge in [0.2, 0.25) is 0 Å². The summed E-state index contributed by atoms with van der Waals surface area (Å²) >= 11 is 0. The zero-order chi connectivity index (χ0) is 10.5. The summed E-state index contributed by atoms with van der Waals surface area (Å²) in [6.07, 6.45) is 1.17. The molecule has 3 heteroatoms. The van der Waals surface area contributed by atoms with E-state index < -0.39 is 0 Å². The van der Waals surface area contributed by atoms with Gasteiger partial charge in [0.05, 0.1) is 0 Å². The van der Waals surface area contributed by atoms with Crippen LogP contribution in [0.1, 0.15) is 12.5 Å². The quantitative estimate of drug-likeness (QED) is 0.869. The third kappa shape index (κ3) is 3.78. The first kappa shape index (κ1) is 13.5. The Hall–Kier alpha value is -0.570. The maximum Gasteiger partial charge on any atom is 0.0193 e. The van der Waals surface area contributed by atoms with Gasteiger partial charge in [-0.3, -0.25) is 4.90 Å². The molecule has 1 aliphatic rings. The van der Waals surface area contributed by atoms with Crippen molar-refractivity contribution in [3.63, 3.8) is 0 Å². The van der Waals surface area contributed by atoms with Gasteiger partial charge in [-0.05, 0) is 18.9 Å². The third-order valence-corrected chi connectivity index (χ3v) is 3.17. The summed E-state index contributed by atoms with van der Waals surface area (Å²) in [5, 5.41) is 3.42. The molecular formula is C13H21ClN2. The Kier molecular flexibility index (Phi) is 5.81. The number of hydrogen-bond acceptors (Lipinski definition) is 2. The molecule has 90 valence electrons. The van der Waals surface area contributed by atoms with Gasteiger partial charge < -0.3 is 5.32 Å². The number of piperazine rings is 1. The first-order valence-electron chi connectivity index (χ1n) is 5.85. The molecule has 0 aliphatic carbocycles. The predicted molar refractivity (Wildman–Crippen MR) is 71.3 cm³/mol. The highest BCUT2D eigenvalue weighted by Gasteiger charge is 2.16. The Morgan fingerprint density at radius 3 is 2.75 bits per heavy atom. The summed E-state index contributed by atoms with van der Waals surface area (Å²) in [5.41, 5.74) is 1.45. The van der Waals surface area contributed by atoms with Gasteiger partial charge in [0.1, 0.15) is 0 Å². The molecule has 1 atom stereocenters. The summed E-state index contributed by atoms with van der Waals surface area (Å²) in [6, 6.07) is 11.4. The highest BCUT2D eigenvalue weighted by molar-refractivity contribution is 5.85. The standard InChI is InChI=1S/C13H20N2.ClH/c1-12-11-14-8-10-15(12)9-7-13-5-3-2-4-6-13;/h2-6,12,14H,7-11H2,1H3;1H/t12-;/m1./s1. The van der Waals surface area contributed by atoms with E-state index in [0.717, 1.165) is 13.1 Å². The van der Waals surface area contributed by atoms with Crippen LogP contribution in [0.15, 0.2) is 30.3 Å². The number of rotatable bonds is 3. The van der Waals surface area contributed by atoms with Gasteiger partial charge in [0.15, 0.2) is 0 Å². The summed E-state index contributed by atoms with van der Waals surface area (Å²) in [7, 11) is 0. The van der Waals surface area contributed by atoms with E-state index in [1.54, 1.807) is 0 Å². The van der Waals surface area contributed by atoms with Crippen LogP contribution in [0.4, 0.5) is 0 Å². The average molecular weight is 241 g/mol. The number of benzene rings is 1. The highest BCUT2D eigenvalue weighted by Crippen LogP contribution is 2.06. The lowest BCUT2D eigenvalue weighted by Gasteiger charge is -2.33. The summed E-state index contributed by atoms with van der Waals surface area (Å²) < 4.78 is 0. The van der Waals surface area contributed by atoms with Crippen molar-refractivity contribution in [3.8, 4) is 0 Å². The molecule has 1 fully saturated rings. The monoisotopic (exact) mass is 240 g/mol. The molecule has 1 heterocycles. The minimum atomic E-state index is 0. The minimum Gasteiger partial charge on any atom is -0.314 e. The zero-order valence-corrected chi connectivity index (χ0v) is 10.7. The fourth-order valence-electron chi connectivity index (χ4n) is 2.13. The summed E-state index contributed by atoms with van der Waals surface area (Å²) in [5.74, 6) is 0. The highest BCUT2D eigenvalue weighted by atomic mass is 35.5. The van der Waals surface area contributed by atoms with Gasteiger partial charge in [-0.2, -0.15) is 0 Å². The van der Waals surface area contributed by atoms with Crippen LogP contribution in [0, 0.1) is 0 Å². The van der Waals surface area contributed by atoms with Crippen molar-refractivity contribution in [2.45, 2.75) is 19.4 Å². The first-order valence-corrected chi connectivity index (χ1v) is 5.85. The fraction of sp³-hybridized carbons (Fsp3) is 0.538. The molecule has 2 rings (SSSR count). The first-order chi connectivity index (χ1) is 7.36. The van der Waals surface area contributed by atoms with E-state index in [0.29, 0.717) is 6.04 Å². The van der Waals surface area contributed by atoms with Crippen molar-refractivity contribution in [2.75, 3.05) is 26.2 Å². The second kappa shape index (κ2) is 6.89. The maximum absolute atomic E-state index is 3.42. The largest absolute Gasteiger partial charge is 0.314 e. The Bertz CT molecular complexity index is 289. The molecule has 2 nitrogen and oxygen atoms in total. The van der Waals surface area contributed by atoms with Crippen molar-refractivity contribution >= 4 is 12.4 Å². The summed E-state index contributed by atoms with van der Waals surface area (Å²) in [6.45, 7) is 6.95. The zero-order valence-electron chi connectivity index (χ0n) is 9.86. The second-order valence-corrected chi connectivity index (χ2v) is 4.32. The lowest BCUT2D eigenvalue weighted by Crippen LogP contribution is -2.50. The number of hydrogen-bond donors (Lipinski definition) is 1. The Balaban J connectivity index is 0.00000128. The maximum atomic E-state index is 3.42. The van der Waals surface area contributed by atoms with Gasteiger partial charge in [-0.1, -0.05) is 30.3 Å². The van der Waals surface area contributed by atoms with E-state index >= 15 is 0 Å². The smallest absolute Gasteiger partial charge is 0.0193 e. The molecule has 16 heavy (non-hydrogen) atoms. The van der Waals surface area contributed by atoms with E-state index in [-0.39, 0.29) is 12.4 Å². The van der Waals surface area contributed by atoms with Crippen molar-refractivity contribution in [3.05, 3.63) is 35.9 Å². The number of nitrogens with zero attached hydrogens (tertiary/aromatic N) is 1. The average Bonchev–Trinajstić information content (AvgIpc) is 2.29. The van der Waals surface area contributed by atoms with Crippen LogP contribution in [0.2, 0.25) is 0 Å². The number of halogens is 1. The van der Waals surface area contributed by atoms with Crippen LogP contribution in [0.5, 0.6) is 0 Å². The number of nitrogens with one attached hydrogen (secondary N) is 1. The lowest BCUT2D eigenvalue weighted by molar-refractivity contribution is 0.176. The van der Waals surface area contributed by atoms with Gasteiger partial charge in [0, 0.05) is 32.2 Å². The molecule has 0 unspecified atom stereocenters. The van der Waals surface area contributed by atoms with Gasteiger partial charge >= 0.3 is 0 Å². The fourth-order valence-corrected chi connectivity index (χ4v) is 2.13. The van der Waals surface area contributed by atoms with Crippen molar-refractivity contribution in [1.82, 2.24) is 10.2 Å².